The molecular formula is C18H17IO3. The van der Waals surface area contributed by atoms with Crippen LogP contribution in [0.4, 0.5) is 0 Å². The highest BCUT2D eigenvalue weighted by Gasteiger charge is 2.60. The molecule has 2 unspecified atom stereocenters. The van der Waals surface area contributed by atoms with Crippen molar-refractivity contribution in [2.75, 3.05) is 7.11 Å². The molecule has 1 aliphatic heterocycles. The number of halogens is 1. The molecule has 0 radical (unpaired) electrons. The Morgan fingerprint density at radius 1 is 1.32 bits per heavy atom. The number of methoxy groups -OCH3 is 1. The van der Waals surface area contributed by atoms with Gasteiger partial charge in [0, 0.05) is 5.56 Å². The van der Waals surface area contributed by atoms with Crippen molar-refractivity contribution >= 4 is 23.0 Å². The zero-order valence-corrected chi connectivity index (χ0v) is 14.6. The first kappa shape index (κ1) is 13.3. The summed E-state index contributed by atoms with van der Waals surface area (Å²) in [5, 5.41) is 0. The van der Waals surface area contributed by atoms with Crippen LogP contribution in [0.1, 0.15) is 30.4 Å². The smallest absolute Gasteiger partial charge is 0.192 e. The van der Waals surface area contributed by atoms with Crippen LogP contribution in [-0.2, 0) is 16.6 Å². The van der Waals surface area contributed by atoms with Crippen molar-refractivity contribution in [2.45, 2.75) is 37.2 Å². The fourth-order valence-electron chi connectivity index (χ4n) is 5.13. The van der Waals surface area contributed by atoms with Crippen LogP contribution in [0.5, 0.6) is 11.5 Å². The minimum absolute atomic E-state index is 0.0168. The van der Waals surface area contributed by atoms with Crippen LogP contribution in [0.2, 0.25) is 0 Å². The lowest BCUT2D eigenvalue weighted by atomic mass is 9.53. The summed E-state index contributed by atoms with van der Waals surface area (Å²) in [6.07, 6.45) is 9.20. The Hall–Kier alpha value is -1.17. The number of hydrogen-bond acceptors (Lipinski definition) is 3. The minimum Gasteiger partial charge on any atom is -0.497 e. The van der Waals surface area contributed by atoms with Gasteiger partial charge in [-0.1, -0.05) is 24.1 Å². The van der Waals surface area contributed by atoms with Gasteiger partial charge in [-0.25, -0.2) is 0 Å². The quantitative estimate of drug-likeness (QED) is 0.686. The van der Waals surface area contributed by atoms with E-state index < -0.39 is 0 Å². The van der Waals surface area contributed by atoms with Gasteiger partial charge in [0.15, 0.2) is 40.6 Å². The zero-order valence-electron chi connectivity index (χ0n) is 12.4. The molecule has 1 fully saturated rings. The highest BCUT2D eigenvalue weighted by molar-refractivity contribution is 14.1. The fourth-order valence-corrected chi connectivity index (χ4v) is 5.48. The molecule has 4 aliphatic rings. The molecule has 0 amide bonds. The minimum atomic E-state index is -0.0259. The van der Waals surface area contributed by atoms with E-state index in [9.17, 15) is 0 Å². The lowest BCUT2D eigenvalue weighted by Crippen LogP contribution is -2.50. The van der Waals surface area contributed by atoms with E-state index in [1.807, 2.05) is 23.0 Å². The Balaban J connectivity index is 1.85. The van der Waals surface area contributed by atoms with Crippen molar-refractivity contribution in [3.05, 3.63) is 46.7 Å². The Bertz CT molecular complexity index is 736. The molecule has 4 heteroatoms. The number of allylic oxidation sites excluding steroid dienone is 2. The molecule has 0 N–H and O–H groups in total. The fraction of sp³-hybridized carbons (Fsp3) is 0.444. The summed E-state index contributed by atoms with van der Waals surface area (Å²) in [6.45, 7) is 0. The molecule has 1 aromatic carbocycles. The summed E-state index contributed by atoms with van der Waals surface area (Å²) < 4.78 is 17.6. The molecule has 22 heavy (non-hydrogen) atoms. The third-order valence-corrected chi connectivity index (χ3v) is 6.36. The van der Waals surface area contributed by atoms with E-state index in [1.165, 1.54) is 24.0 Å². The molecule has 0 aromatic heterocycles. The number of hydrogen-bond donors (Lipinski definition) is 0. The predicted molar refractivity (Wildman–Crippen MR) is 91.4 cm³/mol. The highest BCUT2D eigenvalue weighted by atomic mass is 127. The van der Waals surface area contributed by atoms with Gasteiger partial charge in [0.25, 0.3) is 0 Å². The van der Waals surface area contributed by atoms with Crippen LogP contribution in [-0.4, -0.2) is 13.2 Å². The van der Waals surface area contributed by atoms with Gasteiger partial charge in [0.05, 0.1) is 12.5 Å². The topological polar surface area (TPSA) is 27.7 Å². The van der Waals surface area contributed by atoms with Gasteiger partial charge < -0.3 is 12.5 Å². The molecule has 3 nitrogen and oxygen atoms in total. The summed E-state index contributed by atoms with van der Waals surface area (Å²) in [6, 6.07) is 4.29. The number of rotatable bonds is 2. The largest absolute Gasteiger partial charge is 0.497 e. The molecule has 1 heterocycles. The predicted octanol–water partition coefficient (Wildman–Crippen LogP) is 4.24. The van der Waals surface area contributed by atoms with E-state index in [4.69, 9.17) is 12.5 Å². The molecule has 3 aliphatic carbocycles. The number of ether oxygens (including phenoxy) is 2. The Kier molecular flexibility index (Phi) is 2.68. The van der Waals surface area contributed by atoms with E-state index in [0.717, 1.165) is 30.1 Å². The first-order valence-electron chi connectivity index (χ1n) is 7.87. The van der Waals surface area contributed by atoms with Crippen molar-refractivity contribution < 1.29 is 12.5 Å². The van der Waals surface area contributed by atoms with Crippen LogP contribution in [0, 0.1) is 5.92 Å². The second kappa shape index (κ2) is 4.43. The van der Waals surface area contributed by atoms with Gasteiger partial charge in [-0.15, -0.1) is 0 Å². The molecule has 2 bridgehead atoms. The van der Waals surface area contributed by atoms with Crippen molar-refractivity contribution in [1.29, 1.82) is 0 Å². The Morgan fingerprint density at radius 2 is 2.23 bits per heavy atom. The summed E-state index contributed by atoms with van der Waals surface area (Å²) in [7, 11) is 1.74. The standard InChI is InChI=1S/C18H17IO3/c1-20-14-7-5-12-10-3-2-8-18(12)15-11(9-10)4-6-13(22-19)16(15)21-17(14)18/h4-7,10,17H,2-3,8-9H2,1H3/t10-,17?,18?/m1/s1. The van der Waals surface area contributed by atoms with Crippen molar-refractivity contribution in [2.24, 2.45) is 5.92 Å². The third kappa shape index (κ3) is 1.38. The lowest BCUT2D eigenvalue weighted by Gasteiger charge is -2.49. The van der Waals surface area contributed by atoms with Crippen molar-refractivity contribution in [3.8, 4) is 11.5 Å². The molecule has 1 spiro atoms. The summed E-state index contributed by atoms with van der Waals surface area (Å²) in [5.41, 5.74) is 4.35. The second-order valence-electron chi connectivity index (χ2n) is 6.66. The monoisotopic (exact) mass is 408 g/mol. The van der Waals surface area contributed by atoms with Crippen LogP contribution in [0.3, 0.4) is 0 Å². The number of benzene rings is 1. The maximum absolute atomic E-state index is 6.44. The Labute approximate surface area is 144 Å². The van der Waals surface area contributed by atoms with Gasteiger partial charge in [-0.2, -0.15) is 0 Å². The summed E-state index contributed by atoms with van der Waals surface area (Å²) >= 11 is 1.94. The van der Waals surface area contributed by atoms with Crippen LogP contribution >= 0.6 is 23.0 Å². The van der Waals surface area contributed by atoms with Crippen LogP contribution in [0.25, 0.3) is 0 Å². The first-order chi connectivity index (χ1) is 10.8. The molecule has 3 atom stereocenters. The molecule has 0 saturated heterocycles. The first-order valence-corrected chi connectivity index (χ1v) is 8.75. The highest BCUT2D eigenvalue weighted by Crippen LogP contribution is 2.64. The molecule has 114 valence electrons. The molecule has 1 saturated carbocycles. The zero-order chi connectivity index (χ0) is 14.9. The van der Waals surface area contributed by atoms with E-state index >= 15 is 0 Å². The third-order valence-electron chi connectivity index (χ3n) is 5.89. The van der Waals surface area contributed by atoms with Crippen LogP contribution < -0.4 is 7.80 Å². The average Bonchev–Trinajstić information content (AvgIpc) is 2.88. The maximum atomic E-state index is 6.44. The van der Waals surface area contributed by atoms with E-state index in [2.05, 4.69) is 24.3 Å². The summed E-state index contributed by atoms with van der Waals surface area (Å²) in [5.74, 6) is 3.36. The summed E-state index contributed by atoms with van der Waals surface area (Å²) in [4.78, 5) is 0. The van der Waals surface area contributed by atoms with Crippen LogP contribution in [0.15, 0.2) is 35.6 Å². The molecule has 1 aromatic rings. The maximum Gasteiger partial charge on any atom is 0.192 e. The van der Waals surface area contributed by atoms with Gasteiger partial charge in [0.2, 0.25) is 0 Å². The SMILES string of the molecule is COC1=CC=C2[C@@H]3CCCC24c2c(ccc(OI)c2OC14)C3. The van der Waals surface area contributed by atoms with Gasteiger partial charge >= 0.3 is 0 Å². The lowest BCUT2D eigenvalue weighted by molar-refractivity contribution is 0.0955. The van der Waals surface area contributed by atoms with E-state index in [-0.39, 0.29) is 11.5 Å². The van der Waals surface area contributed by atoms with Gasteiger partial charge in [-0.3, -0.25) is 0 Å². The molecular weight excluding hydrogens is 391 g/mol. The average molecular weight is 408 g/mol. The normalized spacial score (nSPS) is 33.4. The van der Waals surface area contributed by atoms with Gasteiger partial charge in [-0.05, 0) is 42.9 Å². The van der Waals surface area contributed by atoms with Crippen molar-refractivity contribution in [3.63, 3.8) is 0 Å². The van der Waals surface area contributed by atoms with Gasteiger partial charge in [0.1, 0.15) is 5.76 Å². The second-order valence-corrected chi connectivity index (χ2v) is 7.10. The van der Waals surface area contributed by atoms with E-state index in [0.29, 0.717) is 5.92 Å². The van der Waals surface area contributed by atoms with Crippen molar-refractivity contribution in [1.82, 2.24) is 0 Å². The van der Waals surface area contributed by atoms with E-state index in [1.54, 1.807) is 12.7 Å². The molecule has 5 rings (SSSR count). The Morgan fingerprint density at radius 3 is 3.05 bits per heavy atom.